The van der Waals surface area contributed by atoms with E-state index in [0.29, 0.717) is 37.1 Å². The number of benzene rings is 1. The van der Waals surface area contributed by atoms with Crippen molar-refractivity contribution in [2.24, 2.45) is 5.41 Å². The number of hydrogen-bond donors (Lipinski definition) is 1. The van der Waals surface area contributed by atoms with E-state index >= 15 is 0 Å². The summed E-state index contributed by atoms with van der Waals surface area (Å²) in [6.07, 6.45) is -0.678. The summed E-state index contributed by atoms with van der Waals surface area (Å²) in [5.41, 5.74) is -1.40. The van der Waals surface area contributed by atoms with Crippen LogP contribution in [0.4, 0.5) is 13.2 Å². The molecular formula is C20H16ClF3N4O3. The smallest absolute Gasteiger partial charge is 0.311 e. The molecule has 2 aromatic heterocycles. The SMILES string of the molecule is O=C(O)C1(Cn2nc(-c3nc(C4(c5ccc(F)cc5Cl)CC4)no3)cc2C(F)F)CC1. The molecule has 1 N–H and O–H groups in total. The number of rotatable bonds is 7. The van der Waals surface area contributed by atoms with Gasteiger partial charge in [0.05, 0.1) is 17.4 Å². The first-order chi connectivity index (χ1) is 14.7. The normalized spacial score (nSPS) is 18.4. The van der Waals surface area contributed by atoms with Crippen LogP contribution in [0.2, 0.25) is 5.02 Å². The summed E-state index contributed by atoms with van der Waals surface area (Å²) >= 11 is 6.21. The molecule has 162 valence electrons. The Labute approximate surface area is 178 Å². The van der Waals surface area contributed by atoms with Crippen LogP contribution in [0.1, 0.15) is 49.2 Å². The van der Waals surface area contributed by atoms with Gasteiger partial charge in [0.25, 0.3) is 12.3 Å². The van der Waals surface area contributed by atoms with Crippen LogP contribution < -0.4 is 0 Å². The fourth-order valence-electron chi connectivity index (χ4n) is 3.85. The zero-order chi connectivity index (χ0) is 22.0. The Kier molecular flexibility index (Phi) is 4.40. The third-order valence-electron chi connectivity index (χ3n) is 6.06. The maximum absolute atomic E-state index is 13.5. The highest BCUT2D eigenvalue weighted by atomic mass is 35.5. The summed E-state index contributed by atoms with van der Waals surface area (Å²) in [4.78, 5) is 15.8. The second-order valence-corrected chi connectivity index (χ2v) is 8.53. The van der Waals surface area contributed by atoms with Crippen molar-refractivity contribution in [3.05, 3.63) is 52.2 Å². The molecule has 2 aliphatic rings. The van der Waals surface area contributed by atoms with Crippen molar-refractivity contribution >= 4 is 17.6 Å². The van der Waals surface area contributed by atoms with E-state index in [1.165, 1.54) is 12.1 Å². The average Bonchev–Trinajstić information content (AvgIpc) is 3.57. The number of alkyl halides is 2. The van der Waals surface area contributed by atoms with Crippen molar-refractivity contribution in [1.29, 1.82) is 0 Å². The molecule has 0 unspecified atom stereocenters. The van der Waals surface area contributed by atoms with E-state index in [2.05, 4.69) is 15.2 Å². The van der Waals surface area contributed by atoms with Gasteiger partial charge in [0.2, 0.25) is 0 Å². The third-order valence-corrected chi connectivity index (χ3v) is 6.38. The summed E-state index contributed by atoms with van der Waals surface area (Å²) in [7, 11) is 0. The summed E-state index contributed by atoms with van der Waals surface area (Å²) in [5.74, 6) is -1.23. The number of aliphatic carboxylic acids is 1. The van der Waals surface area contributed by atoms with Crippen LogP contribution >= 0.6 is 11.6 Å². The molecule has 0 radical (unpaired) electrons. The van der Waals surface area contributed by atoms with Crippen LogP contribution in [0.15, 0.2) is 28.8 Å². The highest BCUT2D eigenvalue weighted by molar-refractivity contribution is 6.31. The number of nitrogens with zero attached hydrogens (tertiary/aromatic N) is 4. The van der Waals surface area contributed by atoms with Gasteiger partial charge in [0.1, 0.15) is 11.5 Å². The minimum Gasteiger partial charge on any atom is -0.481 e. The molecule has 11 heteroatoms. The van der Waals surface area contributed by atoms with Crippen LogP contribution in [-0.2, 0) is 16.8 Å². The molecule has 2 aliphatic carbocycles. The van der Waals surface area contributed by atoms with Gasteiger partial charge in [-0.15, -0.1) is 0 Å². The van der Waals surface area contributed by atoms with Gasteiger partial charge in [0, 0.05) is 5.02 Å². The molecule has 2 heterocycles. The minimum atomic E-state index is -2.85. The third kappa shape index (κ3) is 3.29. The van der Waals surface area contributed by atoms with Gasteiger partial charge in [-0.25, -0.2) is 13.2 Å². The van der Waals surface area contributed by atoms with E-state index < -0.39 is 34.7 Å². The first-order valence-electron chi connectivity index (χ1n) is 9.63. The van der Waals surface area contributed by atoms with E-state index in [1.54, 1.807) is 6.07 Å². The lowest BCUT2D eigenvalue weighted by molar-refractivity contribution is -0.144. The average molecular weight is 453 g/mol. The second-order valence-electron chi connectivity index (χ2n) is 8.13. The maximum Gasteiger partial charge on any atom is 0.311 e. The van der Waals surface area contributed by atoms with Gasteiger partial charge in [0.15, 0.2) is 11.5 Å². The summed E-state index contributed by atoms with van der Waals surface area (Å²) in [6.45, 7) is -0.155. The number of carboxylic acids is 1. The standard InChI is InChI=1S/C20H16ClF3N4O3/c21-12-7-10(22)1-2-11(12)20(5-6-20)17-25-16(31-27-17)13-8-14(15(23)24)28(26-13)9-19(3-4-19)18(29)30/h1-2,7-8,15H,3-6,9H2,(H,29,30). The van der Waals surface area contributed by atoms with E-state index in [4.69, 9.17) is 16.1 Å². The summed E-state index contributed by atoms with van der Waals surface area (Å²) < 4.78 is 46.8. The Bertz CT molecular complexity index is 1180. The molecule has 5 rings (SSSR count). The Morgan fingerprint density at radius 1 is 1.26 bits per heavy atom. The Morgan fingerprint density at radius 2 is 2.00 bits per heavy atom. The first-order valence-corrected chi connectivity index (χ1v) is 10.0. The van der Waals surface area contributed by atoms with Crippen molar-refractivity contribution in [2.75, 3.05) is 0 Å². The number of aromatic nitrogens is 4. The van der Waals surface area contributed by atoms with Gasteiger partial charge >= 0.3 is 5.97 Å². The maximum atomic E-state index is 13.5. The molecule has 31 heavy (non-hydrogen) atoms. The van der Waals surface area contributed by atoms with Gasteiger partial charge in [-0.3, -0.25) is 9.48 Å². The lowest BCUT2D eigenvalue weighted by Crippen LogP contribution is -2.23. The second kappa shape index (κ2) is 6.81. The molecule has 0 amide bonds. The fraction of sp³-hybridized carbons (Fsp3) is 0.400. The van der Waals surface area contributed by atoms with E-state index in [0.717, 1.165) is 10.7 Å². The van der Waals surface area contributed by atoms with Crippen molar-refractivity contribution in [2.45, 2.75) is 44.1 Å². The van der Waals surface area contributed by atoms with E-state index in [1.807, 2.05) is 0 Å². The monoisotopic (exact) mass is 452 g/mol. The molecule has 0 bridgehead atoms. The predicted molar refractivity (Wildman–Crippen MR) is 101 cm³/mol. The fourth-order valence-corrected chi connectivity index (χ4v) is 4.20. The van der Waals surface area contributed by atoms with Crippen LogP contribution in [0, 0.1) is 11.2 Å². The highest BCUT2D eigenvalue weighted by Gasteiger charge is 2.52. The largest absolute Gasteiger partial charge is 0.481 e. The quantitative estimate of drug-likeness (QED) is 0.562. The lowest BCUT2D eigenvalue weighted by Gasteiger charge is -2.12. The van der Waals surface area contributed by atoms with Gasteiger partial charge in [-0.05, 0) is 49.4 Å². The molecule has 2 fully saturated rings. The number of halogens is 4. The van der Waals surface area contributed by atoms with Crippen molar-refractivity contribution in [1.82, 2.24) is 19.9 Å². The van der Waals surface area contributed by atoms with Crippen LogP contribution in [0.3, 0.4) is 0 Å². The topological polar surface area (TPSA) is 94.0 Å². The Hall–Kier alpha value is -2.88. The zero-order valence-electron chi connectivity index (χ0n) is 16.0. The van der Waals surface area contributed by atoms with Gasteiger partial charge in [-0.2, -0.15) is 10.1 Å². The highest BCUT2D eigenvalue weighted by Crippen LogP contribution is 2.54. The zero-order valence-corrected chi connectivity index (χ0v) is 16.7. The summed E-state index contributed by atoms with van der Waals surface area (Å²) in [6, 6.07) is 5.22. The number of carboxylic acid groups (broad SMARTS) is 1. The summed E-state index contributed by atoms with van der Waals surface area (Å²) in [5, 5.41) is 17.7. The predicted octanol–water partition coefficient (Wildman–Crippen LogP) is 4.61. The molecule has 2 saturated carbocycles. The molecule has 0 aliphatic heterocycles. The van der Waals surface area contributed by atoms with Gasteiger partial charge < -0.3 is 9.63 Å². The molecule has 0 saturated heterocycles. The molecule has 1 aromatic carbocycles. The van der Waals surface area contributed by atoms with Crippen LogP contribution in [0.25, 0.3) is 11.6 Å². The first kappa shape index (κ1) is 20.0. The molecule has 3 aromatic rings. The molecular weight excluding hydrogens is 437 g/mol. The molecule has 0 atom stereocenters. The van der Waals surface area contributed by atoms with Crippen molar-refractivity contribution in [3.63, 3.8) is 0 Å². The van der Waals surface area contributed by atoms with E-state index in [-0.39, 0.29) is 23.2 Å². The number of carbonyl (C=O) groups is 1. The van der Waals surface area contributed by atoms with Crippen molar-refractivity contribution in [3.8, 4) is 11.6 Å². The van der Waals surface area contributed by atoms with Crippen molar-refractivity contribution < 1.29 is 27.6 Å². The molecule has 0 spiro atoms. The van der Waals surface area contributed by atoms with Gasteiger partial charge in [-0.1, -0.05) is 22.8 Å². The Balaban J connectivity index is 1.47. The van der Waals surface area contributed by atoms with Crippen LogP contribution in [-0.4, -0.2) is 31.0 Å². The lowest BCUT2D eigenvalue weighted by atomic mass is 9.95. The Morgan fingerprint density at radius 3 is 2.58 bits per heavy atom. The molecule has 7 nitrogen and oxygen atoms in total. The van der Waals surface area contributed by atoms with Crippen LogP contribution in [0.5, 0.6) is 0 Å². The van der Waals surface area contributed by atoms with E-state index in [9.17, 15) is 23.1 Å². The number of hydrogen-bond acceptors (Lipinski definition) is 5. The minimum absolute atomic E-state index is 0.0382.